The molecule has 1 aromatic rings. The molecule has 21 heavy (non-hydrogen) atoms. The van der Waals surface area contributed by atoms with Gasteiger partial charge >= 0.3 is 0 Å². The lowest BCUT2D eigenvalue weighted by atomic mass is 10.0. The van der Waals surface area contributed by atoms with Crippen LogP contribution in [0, 0.1) is 10.1 Å². The second-order valence-electron chi connectivity index (χ2n) is 5.18. The highest BCUT2D eigenvalue weighted by Crippen LogP contribution is 2.33. The van der Waals surface area contributed by atoms with E-state index in [0.717, 1.165) is 5.56 Å². The van der Waals surface area contributed by atoms with Gasteiger partial charge in [-0.25, -0.2) is 0 Å². The molecule has 1 heterocycles. The van der Waals surface area contributed by atoms with Crippen molar-refractivity contribution in [3.05, 3.63) is 27.8 Å². The summed E-state index contributed by atoms with van der Waals surface area (Å²) in [7, 11) is 0. The Morgan fingerprint density at radius 3 is 2.86 bits per heavy atom. The minimum atomic E-state index is -0.414. The lowest BCUT2D eigenvalue weighted by molar-refractivity contribution is -0.384. The summed E-state index contributed by atoms with van der Waals surface area (Å²) in [5.74, 6) is -0.0644. The third-order valence-electron chi connectivity index (χ3n) is 3.18. The van der Waals surface area contributed by atoms with Crippen LogP contribution in [0.3, 0.4) is 0 Å². The monoisotopic (exact) mass is 293 g/mol. The number of nitrogens with zero attached hydrogens (tertiary/aromatic N) is 1. The SMILES string of the molecule is CC(C)OCCNc1cc2c(cc1[N+](=O)[O-])CCC(=O)N2. The number of fused-ring (bicyclic) bond motifs is 1. The molecule has 0 spiro atoms. The molecule has 7 heteroatoms. The van der Waals surface area contributed by atoms with E-state index in [0.29, 0.717) is 37.4 Å². The van der Waals surface area contributed by atoms with Gasteiger partial charge in [0.25, 0.3) is 5.69 Å². The fraction of sp³-hybridized carbons (Fsp3) is 0.500. The zero-order valence-corrected chi connectivity index (χ0v) is 12.1. The molecule has 1 aromatic carbocycles. The van der Waals surface area contributed by atoms with Gasteiger partial charge in [-0.3, -0.25) is 14.9 Å². The number of hydrogen-bond donors (Lipinski definition) is 2. The summed E-state index contributed by atoms with van der Waals surface area (Å²) in [5.41, 5.74) is 1.86. The van der Waals surface area contributed by atoms with E-state index in [-0.39, 0.29) is 17.7 Å². The zero-order chi connectivity index (χ0) is 15.4. The number of benzene rings is 1. The predicted molar refractivity (Wildman–Crippen MR) is 79.6 cm³/mol. The highest BCUT2D eigenvalue weighted by Gasteiger charge is 2.22. The summed E-state index contributed by atoms with van der Waals surface area (Å²) in [6.07, 6.45) is 1.00. The third-order valence-corrected chi connectivity index (χ3v) is 3.18. The van der Waals surface area contributed by atoms with Crippen LogP contribution in [0.1, 0.15) is 25.8 Å². The number of anilines is 2. The average Bonchev–Trinajstić information content (AvgIpc) is 2.42. The third kappa shape index (κ3) is 3.91. The number of hydrogen-bond acceptors (Lipinski definition) is 5. The topological polar surface area (TPSA) is 93.5 Å². The molecule has 1 amide bonds. The van der Waals surface area contributed by atoms with E-state index in [4.69, 9.17) is 4.74 Å². The molecule has 0 bridgehead atoms. The summed E-state index contributed by atoms with van der Waals surface area (Å²) in [6, 6.07) is 3.15. The molecule has 0 fully saturated rings. The van der Waals surface area contributed by atoms with E-state index >= 15 is 0 Å². The highest BCUT2D eigenvalue weighted by atomic mass is 16.6. The second-order valence-corrected chi connectivity index (χ2v) is 5.18. The molecule has 7 nitrogen and oxygen atoms in total. The van der Waals surface area contributed by atoms with Crippen LogP contribution < -0.4 is 10.6 Å². The Morgan fingerprint density at radius 2 is 2.19 bits per heavy atom. The lowest BCUT2D eigenvalue weighted by Gasteiger charge is -2.18. The maximum Gasteiger partial charge on any atom is 0.292 e. The van der Waals surface area contributed by atoms with Gasteiger partial charge in [-0.2, -0.15) is 0 Å². The molecule has 0 saturated carbocycles. The van der Waals surface area contributed by atoms with Gasteiger partial charge in [0, 0.05) is 24.7 Å². The van der Waals surface area contributed by atoms with Gasteiger partial charge in [0.05, 0.1) is 17.6 Å². The molecule has 1 aliphatic rings. The molecule has 0 aromatic heterocycles. The van der Waals surface area contributed by atoms with Crippen molar-refractivity contribution >= 4 is 23.0 Å². The number of rotatable bonds is 6. The van der Waals surface area contributed by atoms with Crippen molar-refractivity contribution in [1.29, 1.82) is 0 Å². The Morgan fingerprint density at radius 1 is 1.43 bits per heavy atom. The zero-order valence-electron chi connectivity index (χ0n) is 12.1. The Bertz CT molecular complexity index is 557. The largest absolute Gasteiger partial charge is 0.377 e. The number of aryl methyl sites for hydroxylation is 1. The Balaban J connectivity index is 2.16. The fourth-order valence-electron chi connectivity index (χ4n) is 2.19. The minimum absolute atomic E-state index is 0.0226. The highest BCUT2D eigenvalue weighted by molar-refractivity contribution is 5.95. The van der Waals surface area contributed by atoms with Crippen LogP contribution in [0.15, 0.2) is 12.1 Å². The van der Waals surface area contributed by atoms with Gasteiger partial charge in [0.15, 0.2) is 0 Å². The molecule has 2 N–H and O–H groups in total. The Hall–Kier alpha value is -2.15. The van der Waals surface area contributed by atoms with Gasteiger partial charge in [-0.1, -0.05) is 0 Å². The van der Waals surface area contributed by atoms with Crippen LogP contribution in [0.4, 0.5) is 17.1 Å². The number of carbonyl (C=O) groups excluding carboxylic acids is 1. The van der Waals surface area contributed by atoms with E-state index in [2.05, 4.69) is 10.6 Å². The van der Waals surface area contributed by atoms with Gasteiger partial charge in [-0.05, 0) is 31.9 Å². The summed E-state index contributed by atoms with van der Waals surface area (Å²) < 4.78 is 5.39. The summed E-state index contributed by atoms with van der Waals surface area (Å²) in [5, 5.41) is 16.9. The van der Waals surface area contributed by atoms with Crippen LogP contribution in [-0.4, -0.2) is 30.1 Å². The van der Waals surface area contributed by atoms with Crippen molar-refractivity contribution < 1.29 is 14.5 Å². The number of amides is 1. The van der Waals surface area contributed by atoms with Gasteiger partial charge in [-0.15, -0.1) is 0 Å². The molecule has 0 unspecified atom stereocenters. The minimum Gasteiger partial charge on any atom is -0.377 e. The molecular formula is C14H19N3O4. The van der Waals surface area contributed by atoms with Crippen LogP contribution in [0.25, 0.3) is 0 Å². The Labute approximate surface area is 122 Å². The van der Waals surface area contributed by atoms with Crippen molar-refractivity contribution in [2.45, 2.75) is 32.8 Å². The van der Waals surface area contributed by atoms with Gasteiger partial charge < -0.3 is 15.4 Å². The molecule has 0 radical (unpaired) electrons. The number of nitro benzene ring substituents is 1. The molecule has 0 aliphatic carbocycles. The van der Waals surface area contributed by atoms with Crippen LogP contribution in [-0.2, 0) is 16.0 Å². The van der Waals surface area contributed by atoms with E-state index < -0.39 is 4.92 Å². The number of ether oxygens (including phenoxy) is 1. The van der Waals surface area contributed by atoms with E-state index in [1.165, 1.54) is 6.07 Å². The number of nitro groups is 1. The first-order valence-corrected chi connectivity index (χ1v) is 6.94. The molecule has 0 saturated heterocycles. The number of nitrogens with one attached hydrogen (secondary N) is 2. The van der Waals surface area contributed by atoms with Crippen molar-refractivity contribution in [2.24, 2.45) is 0 Å². The van der Waals surface area contributed by atoms with Gasteiger partial charge in [0.1, 0.15) is 5.69 Å². The summed E-state index contributed by atoms with van der Waals surface area (Å²) in [4.78, 5) is 22.2. The smallest absolute Gasteiger partial charge is 0.292 e. The van der Waals surface area contributed by atoms with E-state index in [1.807, 2.05) is 13.8 Å². The fourth-order valence-corrected chi connectivity index (χ4v) is 2.19. The molecule has 114 valence electrons. The molecule has 1 aliphatic heterocycles. The number of carbonyl (C=O) groups is 1. The first-order valence-electron chi connectivity index (χ1n) is 6.94. The van der Waals surface area contributed by atoms with Crippen molar-refractivity contribution in [2.75, 3.05) is 23.8 Å². The maximum atomic E-state index is 11.4. The molecule has 0 atom stereocenters. The summed E-state index contributed by atoms with van der Waals surface area (Å²) in [6.45, 7) is 4.78. The molecular weight excluding hydrogens is 274 g/mol. The normalized spacial score (nSPS) is 13.8. The first-order chi connectivity index (χ1) is 9.97. The summed E-state index contributed by atoms with van der Waals surface area (Å²) >= 11 is 0. The standard InChI is InChI=1S/C14H19N3O4/c1-9(2)21-6-5-15-12-8-11-10(3-4-14(18)16-11)7-13(12)17(19)20/h7-9,15H,3-6H2,1-2H3,(H,16,18). The predicted octanol–water partition coefficient (Wildman–Crippen LogP) is 2.32. The van der Waals surface area contributed by atoms with Crippen LogP contribution in [0.5, 0.6) is 0 Å². The molecule has 2 rings (SSSR count). The van der Waals surface area contributed by atoms with Gasteiger partial charge in [0.2, 0.25) is 5.91 Å². The van der Waals surface area contributed by atoms with Crippen molar-refractivity contribution in [1.82, 2.24) is 0 Å². The average molecular weight is 293 g/mol. The van der Waals surface area contributed by atoms with Crippen molar-refractivity contribution in [3.8, 4) is 0 Å². The van der Waals surface area contributed by atoms with Crippen LogP contribution >= 0.6 is 0 Å². The van der Waals surface area contributed by atoms with E-state index in [9.17, 15) is 14.9 Å². The van der Waals surface area contributed by atoms with E-state index in [1.54, 1.807) is 6.07 Å². The lowest BCUT2D eigenvalue weighted by Crippen LogP contribution is -2.20. The maximum absolute atomic E-state index is 11.4. The van der Waals surface area contributed by atoms with Crippen LogP contribution in [0.2, 0.25) is 0 Å². The van der Waals surface area contributed by atoms with Crippen molar-refractivity contribution in [3.63, 3.8) is 0 Å². The first kappa shape index (κ1) is 15.2. The quantitative estimate of drug-likeness (QED) is 0.477. The Kier molecular flexibility index (Phi) is 4.74. The second kappa shape index (κ2) is 6.53.